The Kier molecular flexibility index (Phi) is 6.16. The maximum absolute atomic E-state index is 12.6. The topological polar surface area (TPSA) is 61.4 Å². The predicted octanol–water partition coefficient (Wildman–Crippen LogP) is 4.27. The molecule has 3 amide bonds. The number of likely N-dealkylation sites (tertiary alicyclic amines) is 1. The zero-order valence-electron chi connectivity index (χ0n) is 14.6. The van der Waals surface area contributed by atoms with Gasteiger partial charge in [0.1, 0.15) is 0 Å². The molecule has 2 N–H and O–H groups in total. The van der Waals surface area contributed by atoms with Gasteiger partial charge in [-0.05, 0) is 48.9 Å². The van der Waals surface area contributed by atoms with E-state index < -0.39 is 0 Å². The summed E-state index contributed by atoms with van der Waals surface area (Å²) >= 11 is 7.63. The van der Waals surface area contributed by atoms with Gasteiger partial charge in [-0.1, -0.05) is 23.7 Å². The maximum Gasteiger partial charge on any atom is 0.317 e. The summed E-state index contributed by atoms with van der Waals surface area (Å²) in [5, 5.41) is 8.46. The average Bonchev–Trinajstić information content (AvgIpc) is 3.16. The number of thiophene rings is 1. The molecule has 26 heavy (non-hydrogen) atoms. The van der Waals surface area contributed by atoms with Crippen molar-refractivity contribution in [1.29, 1.82) is 0 Å². The van der Waals surface area contributed by atoms with Gasteiger partial charge < -0.3 is 15.5 Å². The minimum absolute atomic E-state index is 0.0638. The molecule has 138 valence electrons. The molecule has 1 aliphatic heterocycles. The van der Waals surface area contributed by atoms with Crippen molar-refractivity contribution in [1.82, 2.24) is 10.2 Å². The average molecular weight is 392 g/mol. The van der Waals surface area contributed by atoms with E-state index in [1.807, 2.05) is 30.5 Å². The number of rotatable bonds is 4. The van der Waals surface area contributed by atoms with Crippen LogP contribution in [0.25, 0.3) is 0 Å². The number of hydrogen-bond donors (Lipinski definition) is 2. The van der Waals surface area contributed by atoms with E-state index in [-0.39, 0.29) is 17.9 Å². The second-order valence-corrected chi connectivity index (χ2v) is 7.94. The Hall–Kier alpha value is -2.05. The van der Waals surface area contributed by atoms with Crippen LogP contribution < -0.4 is 10.6 Å². The molecule has 0 spiro atoms. The second kappa shape index (κ2) is 8.56. The number of anilines is 1. The highest BCUT2D eigenvalue weighted by Gasteiger charge is 2.28. The van der Waals surface area contributed by atoms with Crippen molar-refractivity contribution in [3.8, 4) is 0 Å². The standard InChI is InChI=1S/C19H22ClN3O2S/c1-13-6-7-15(20)10-17(13)22-18(24)14-4-2-8-23(12-14)19(25)21-11-16-5-3-9-26-16/h3,5-7,9-10,14H,2,4,8,11-12H2,1H3,(H,21,25)(H,22,24). The summed E-state index contributed by atoms with van der Waals surface area (Å²) in [4.78, 5) is 27.9. The zero-order chi connectivity index (χ0) is 18.5. The lowest BCUT2D eigenvalue weighted by molar-refractivity contribution is -0.121. The van der Waals surface area contributed by atoms with Crippen molar-refractivity contribution in [2.24, 2.45) is 5.92 Å². The molecular formula is C19H22ClN3O2S. The Labute approximate surface area is 162 Å². The Morgan fingerprint density at radius 3 is 2.96 bits per heavy atom. The number of hydrogen-bond acceptors (Lipinski definition) is 3. The smallest absolute Gasteiger partial charge is 0.317 e. The molecule has 1 unspecified atom stereocenters. The summed E-state index contributed by atoms with van der Waals surface area (Å²) in [6.07, 6.45) is 1.60. The number of piperidine rings is 1. The molecular weight excluding hydrogens is 370 g/mol. The third-order valence-corrected chi connectivity index (χ3v) is 5.64. The van der Waals surface area contributed by atoms with Crippen LogP contribution in [-0.2, 0) is 11.3 Å². The van der Waals surface area contributed by atoms with Gasteiger partial charge in [-0.3, -0.25) is 4.79 Å². The van der Waals surface area contributed by atoms with Gasteiger partial charge >= 0.3 is 6.03 Å². The molecule has 0 radical (unpaired) electrons. The second-order valence-electron chi connectivity index (χ2n) is 6.47. The van der Waals surface area contributed by atoms with Crippen LogP contribution in [0.1, 0.15) is 23.3 Å². The number of carbonyl (C=O) groups is 2. The number of urea groups is 1. The fourth-order valence-electron chi connectivity index (χ4n) is 3.03. The van der Waals surface area contributed by atoms with Gasteiger partial charge in [0.25, 0.3) is 0 Å². The van der Waals surface area contributed by atoms with Crippen LogP contribution in [0.15, 0.2) is 35.7 Å². The predicted molar refractivity (Wildman–Crippen MR) is 106 cm³/mol. The third-order valence-electron chi connectivity index (χ3n) is 4.53. The first kappa shape index (κ1) is 18.7. The molecule has 7 heteroatoms. The van der Waals surface area contributed by atoms with E-state index in [2.05, 4.69) is 10.6 Å². The summed E-state index contributed by atoms with van der Waals surface area (Å²) in [7, 11) is 0. The van der Waals surface area contributed by atoms with Crippen LogP contribution in [0.3, 0.4) is 0 Å². The van der Waals surface area contributed by atoms with E-state index >= 15 is 0 Å². The SMILES string of the molecule is Cc1ccc(Cl)cc1NC(=O)C1CCCN(C(=O)NCc2cccs2)C1. The van der Waals surface area contributed by atoms with Gasteiger partial charge in [0.05, 0.1) is 12.5 Å². The van der Waals surface area contributed by atoms with Crippen molar-refractivity contribution < 1.29 is 9.59 Å². The highest BCUT2D eigenvalue weighted by Crippen LogP contribution is 2.23. The lowest BCUT2D eigenvalue weighted by atomic mass is 9.97. The Balaban J connectivity index is 1.56. The molecule has 0 aliphatic carbocycles. The van der Waals surface area contributed by atoms with E-state index in [0.717, 1.165) is 29.0 Å². The monoisotopic (exact) mass is 391 g/mol. The van der Waals surface area contributed by atoms with Gasteiger partial charge in [-0.25, -0.2) is 4.79 Å². The molecule has 1 fully saturated rings. The summed E-state index contributed by atoms with van der Waals surface area (Å²) in [6, 6.07) is 9.27. The number of nitrogens with one attached hydrogen (secondary N) is 2. The minimum Gasteiger partial charge on any atom is -0.333 e. The lowest BCUT2D eigenvalue weighted by Gasteiger charge is -2.32. The quantitative estimate of drug-likeness (QED) is 0.817. The van der Waals surface area contributed by atoms with E-state index in [1.54, 1.807) is 28.4 Å². The van der Waals surface area contributed by atoms with E-state index in [9.17, 15) is 9.59 Å². The molecule has 1 aromatic carbocycles. The summed E-state index contributed by atoms with van der Waals surface area (Å²) in [5.41, 5.74) is 1.69. The molecule has 2 heterocycles. The van der Waals surface area contributed by atoms with Crippen molar-refractivity contribution in [3.05, 3.63) is 51.2 Å². The Morgan fingerprint density at radius 2 is 2.19 bits per heavy atom. The molecule has 1 aromatic heterocycles. The highest BCUT2D eigenvalue weighted by atomic mass is 35.5. The third kappa shape index (κ3) is 4.77. The number of nitrogens with zero attached hydrogens (tertiary/aromatic N) is 1. The molecule has 3 rings (SSSR count). The first-order valence-electron chi connectivity index (χ1n) is 8.65. The molecule has 0 saturated carbocycles. The largest absolute Gasteiger partial charge is 0.333 e. The van der Waals surface area contributed by atoms with E-state index in [4.69, 9.17) is 11.6 Å². The fourth-order valence-corrected chi connectivity index (χ4v) is 3.84. The fraction of sp³-hybridized carbons (Fsp3) is 0.368. The van der Waals surface area contributed by atoms with Crippen LogP contribution >= 0.6 is 22.9 Å². The van der Waals surface area contributed by atoms with Crippen LogP contribution in [-0.4, -0.2) is 29.9 Å². The molecule has 1 atom stereocenters. The summed E-state index contributed by atoms with van der Waals surface area (Å²) < 4.78 is 0. The number of carbonyl (C=O) groups excluding carboxylic acids is 2. The first-order chi connectivity index (χ1) is 12.5. The number of halogens is 1. The summed E-state index contributed by atoms with van der Waals surface area (Å²) in [5.74, 6) is -0.277. The minimum atomic E-state index is -0.213. The normalized spacial score (nSPS) is 17.0. The number of aryl methyl sites for hydroxylation is 1. The van der Waals surface area contributed by atoms with Gasteiger partial charge in [0.15, 0.2) is 0 Å². The van der Waals surface area contributed by atoms with E-state index in [1.165, 1.54) is 0 Å². The molecule has 0 bridgehead atoms. The zero-order valence-corrected chi connectivity index (χ0v) is 16.2. The van der Waals surface area contributed by atoms with Crippen LogP contribution in [0, 0.1) is 12.8 Å². The van der Waals surface area contributed by atoms with Gasteiger partial charge in [-0.2, -0.15) is 0 Å². The van der Waals surface area contributed by atoms with Crippen molar-refractivity contribution in [2.75, 3.05) is 18.4 Å². The summed E-state index contributed by atoms with van der Waals surface area (Å²) in [6.45, 7) is 3.56. The Morgan fingerprint density at radius 1 is 1.35 bits per heavy atom. The van der Waals surface area contributed by atoms with Crippen molar-refractivity contribution >= 4 is 40.6 Å². The van der Waals surface area contributed by atoms with Crippen molar-refractivity contribution in [3.63, 3.8) is 0 Å². The van der Waals surface area contributed by atoms with E-state index in [0.29, 0.717) is 24.7 Å². The maximum atomic E-state index is 12.6. The number of benzene rings is 1. The highest BCUT2D eigenvalue weighted by molar-refractivity contribution is 7.09. The van der Waals surface area contributed by atoms with Crippen LogP contribution in [0.4, 0.5) is 10.5 Å². The molecule has 5 nitrogen and oxygen atoms in total. The van der Waals surface area contributed by atoms with Gasteiger partial charge in [0, 0.05) is 28.7 Å². The number of amides is 3. The Bertz CT molecular complexity index is 779. The van der Waals surface area contributed by atoms with Gasteiger partial charge in [-0.15, -0.1) is 11.3 Å². The van der Waals surface area contributed by atoms with Gasteiger partial charge in [0.2, 0.25) is 5.91 Å². The van der Waals surface area contributed by atoms with Crippen LogP contribution in [0.2, 0.25) is 5.02 Å². The molecule has 1 aliphatic rings. The first-order valence-corrected chi connectivity index (χ1v) is 9.91. The molecule has 1 saturated heterocycles. The van der Waals surface area contributed by atoms with Crippen molar-refractivity contribution in [2.45, 2.75) is 26.3 Å². The molecule has 2 aromatic rings. The lowest BCUT2D eigenvalue weighted by Crippen LogP contribution is -2.47. The van der Waals surface area contributed by atoms with Crippen LogP contribution in [0.5, 0.6) is 0 Å².